The number of hydrogen-bond donors (Lipinski definition) is 1. The number of rotatable bonds is 3. The molecule has 0 radical (unpaired) electrons. The SMILES string of the molecule is COc1ccccc1Nc1nc2c(C)cccc2s1. The lowest BCUT2D eigenvalue weighted by Crippen LogP contribution is -1.93. The number of nitrogens with zero attached hydrogens (tertiary/aromatic N) is 1. The molecule has 0 amide bonds. The van der Waals surface area contributed by atoms with E-state index in [4.69, 9.17) is 4.74 Å². The standard InChI is InChI=1S/C15H14N2OS/c1-10-6-5-9-13-14(10)17-15(19-13)16-11-7-3-4-8-12(11)18-2/h3-9H,1-2H3,(H,16,17). The molecule has 0 saturated carbocycles. The Hall–Kier alpha value is -2.07. The average Bonchev–Trinajstić information content (AvgIpc) is 2.83. The van der Waals surface area contributed by atoms with E-state index in [0.717, 1.165) is 22.1 Å². The highest BCUT2D eigenvalue weighted by Crippen LogP contribution is 2.32. The van der Waals surface area contributed by atoms with Gasteiger partial charge in [-0.3, -0.25) is 0 Å². The van der Waals surface area contributed by atoms with Gasteiger partial charge in [-0.15, -0.1) is 0 Å². The summed E-state index contributed by atoms with van der Waals surface area (Å²) in [5.74, 6) is 0.818. The Kier molecular flexibility index (Phi) is 3.09. The van der Waals surface area contributed by atoms with Crippen LogP contribution in [0.5, 0.6) is 5.75 Å². The predicted octanol–water partition coefficient (Wildman–Crippen LogP) is 4.36. The van der Waals surface area contributed by atoms with Crippen LogP contribution >= 0.6 is 11.3 Å². The number of nitrogens with one attached hydrogen (secondary N) is 1. The minimum absolute atomic E-state index is 0.818. The molecule has 1 aromatic heterocycles. The van der Waals surface area contributed by atoms with Crippen molar-refractivity contribution in [1.82, 2.24) is 4.98 Å². The van der Waals surface area contributed by atoms with Gasteiger partial charge in [-0.05, 0) is 30.7 Å². The maximum atomic E-state index is 5.33. The van der Waals surface area contributed by atoms with E-state index in [-0.39, 0.29) is 0 Å². The lowest BCUT2D eigenvalue weighted by atomic mass is 10.2. The molecule has 4 heteroatoms. The molecular weight excluding hydrogens is 256 g/mol. The quantitative estimate of drug-likeness (QED) is 0.768. The molecule has 3 aromatic rings. The van der Waals surface area contributed by atoms with E-state index in [1.165, 1.54) is 10.3 Å². The number of ether oxygens (including phenoxy) is 1. The van der Waals surface area contributed by atoms with Crippen LogP contribution in [0, 0.1) is 6.92 Å². The predicted molar refractivity (Wildman–Crippen MR) is 80.6 cm³/mol. The van der Waals surface area contributed by atoms with Crippen molar-refractivity contribution in [1.29, 1.82) is 0 Å². The van der Waals surface area contributed by atoms with Crippen molar-refractivity contribution in [2.24, 2.45) is 0 Å². The molecule has 0 spiro atoms. The number of para-hydroxylation sites is 3. The van der Waals surface area contributed by atoms with Crippen LogP contribution in [-0.4, -0.2) is 12.1 Å². The van der Waals surface area contributed by atoms with Gasteiger partial charge in [-0.1, -0.05) is 35.6 Å². The smallest absolute Gasteiger partial charge is 0.188 e. The largest absolute Gasteiger partial charge is 0.495 e. The summed E-state index contributed by atoms with van der Waals surface area (Å²) < 4.78 is 6.52. The van der Waals surface area contributed by atoms with Crippen LogP contribution in [0.25, 0.3) is 10.2 Å². The van der Waals surface area contributed by atoms with Crippen molar-refractivity contribution in [3.05, 3.63) is 48.0 Å². The molecule has 3 nitrogen and oxygen atoms in total. The molecule has 0 atom stereocenters. The van der Waals surface area contributed by atoms with Crippen molar-refractivity contribution < 1.29 is 4.74 Å². The number of aromatic nitrogens is 1. The maximum Gasteiger partial charge on any atom is 0.188 e. The van der Waals surface area contributed by atoms with Gasteiger partial charge in [0, 0.05) is 0 Å². The number of aryl methyl sites for hydroxylation is 1. The third-order valence-corrected chi connectivity index (χ3v) is 3.91. The van der Waals surface area contributed by atoms with Crippen molar-refractivity contribution in [2.45, 2.75) is 6.92 Å². The van der Waals surface area contributed by atoms with E-state index < -0.39 is 0 Å². The van der Waals surface area contributed by atoms with Gasteiger partial charge in [0.05, 0.1) is 23.0 Å². The van der Waals surface area contributed by atoms with Gasteiger partial charge in [-0.2, -0.15) is 0 Å². The normalized spacial score (nSPS) is 10.6. The Morgan fingerprint density at radius 2 is 1.95 bits per heavy atom. The monoisotopic (exact) mass is 270 g/mol. The summed E-state index contributed by atoms with van der Waals surface area (Å²) in [6, 6.07) is 14.1. The second-order valence-corrected chi connectivity index (χ2v) is 5.30. The van der Waals surface area contributed by atoms with Crippen LogP contribution in [0.3, 0.4) is 0 Å². The summed E-state index contributed by atoms with van der Waals surface area (Å²) in [6.45, 7) is 2.08. The summed E-state index contributed by atoms with van der Waals surface area (Å²) in [5.41, 5.74) is 3.19. The first kappa shape index (κ1) is 12.0. The zero-order valence-corrected chi connectivity index (χ0v) is 11.6. The zero-order chi connectivity index (χ0) is 13.2. The van der Waals surface area contributed by atoms with E-state index in [2.05, 4.69) is 35.4 Å². The number of benzene rings is 2. The lowest BCUT2D eigenvalue weighted by molar-refractivity contribution is 0.417. The fourth-order valence-electron chi connectivity index (χ4n) is 2.00. The van der Waals surface area contributed by atoms with Crippen LogP contribution in [0.1, 0.15) is 5.56 Å². The van der Waals surface area contributed by atoms with E-state index >= 15 is 0 Å². The number of anilines is 2. The molecule has 0 aliphatic carbocycles. The van der Waals surface area contributed by atoms with Gasteiger partial charge < -0.3 is 10.1 Å². The lowest BCUT2D eigenvalue weighted by Gasteiger charge is -2.07. The average molecular weight is 270 g/mol. The topological polar surface area (TPSA) is 34.1 Å². The first-order valence-electron chi connectivity index (χ1n) is 6.04. The highest BCUT2D eigenvalue weighted by atomic mass is 32.1. The Morgan fingerprint density at radius 1 is 1.11 bits per heavy atom. The van der Waals surface area contributed by atoms with Gasteiger partial charge in [0.25, 0.3) is 0 Å². The third kappa shape index (κ3) is 2.27. The summed E-state index contributed by atoms with van der Waals surface area (Å²) >= 11 is 1.65. The fraction of sp³-hybridized carbons (Fsp3) is 0.133. The number of methoxy groups -OCH3 is 1. The van der Waals surface area contributed by atoms with E-state index in [1.54, 1.807) is 18.4 Å². The third-order valence-electron chi connectivity index (χ3n) is 2.97. The van der Waals surface area contributed by atoms with Gasteiger partial charge in [0.1, 0.15) is 5.75 Å². The van der Waals surface area contributed by atoms with Gasteiger partial charge in [0.15, 0.2) is 5.13 Å². The Balaban J connectivity index is 1.99. The second kappa shape index (κ2) is 4.90. The highest BCUT2D eigenvalue weighted by molar-refractivity contribution is 7.22. The van der Waals surface area contributed by atoms with Crippen LogP contribution in [0.15, 0.2) is 42.5 Å². The van der Waals surface area contributed by atoms with E-state index in [0.29, 0.717) is 0 Å². The van der Waals surface area contributed by atoms with Crippen molar-refractivity contribution in [3.8, 4) is 5.75 Å². The number of hydrogen-bond acceptors (Lipinski definition) is 4. The first-order valence-corrected chi connectivity index (χ1v) is 6.86. The molecule has 1 N–H and O–H groups in total. The fourth-order valence-corrected chi connectivity index (χ4v) is 2.96. The Bertz CT molecular complexity index is 721. The summed E-state index contributed by atoms with van der Waals surface area (Å²) in [4.78, 5) is 4.63. The molecule has 0 saturated heterocycles. The van der Waals surface area contributed by atoms with Crippen molar-refractivity contribution >= 4 is 32.4 Å². The highest BCUT2D eigenvalue weighted by Gasteiger charge is 2.08. The Labute approximate surface area is 115 Å². The summed E-state index contributed by atoms with van der Waals surface area (Å²) in [5, 5.41) is 4.21. The molecule has 3 rings (SSSR count). The van der Waals surface area contributed by atoms with E-state index in [9.17, 15) is 0 Å². The molecule has 19 heavy (non-hydrogen) atoms. The minimum atomic E-state index is 0.818. The second-order valence-electron chi connectivity index (χ2n) is 4.27. The molecule has 0 aliphatic rings. The van der Waals surface area contributed by atoms with Crippen molar-refractivity contribution in [2.75, 3.05) is 12.4 Å². The molecular formula is C15H14N2OS. The molecule has 96 valence electrons. The Morgan fingerprint density at radius 3 is 2.74 bits per heavy atom. The van der Waals surface area contributed by atoms with Crippen LogP contribution in [-0.2, 0) is 0 Å². The summed E-state index contributed by atoms with van der Waals surface area (Å²) in [6.07, 6.45) is 0. The number of fused-ring (bicyclic) bond motifs is 1. The van der Waals surface area contributed by atoms with Gasteiger partial charge >= 0.3 is 0 Å². The minimum Gasteiger partial charge on any atom is -0.495 e. The van der Waals surface area contributed by atoms with Crippen LogP contribution in [0.2, 0.25) is 0 Å². The molecule has 2 aromatic carbocycles. The summed E-state index contributed by atoms with van der Waals surface area (Å²) in [7, 11) is 1.67. The maximum absolute atomic E-state index is 5.33. The van der Waals surface area contributed by atoms with E-state index in [1.807, 2.05) is 24.3 Å². The first-order chi connectivity index (χ1) is 9.28. The van der Waals surface area contributed by atoms with Crippen LogP contribution < -0.4 is 10.1 Å². The molecule has 0 fully saturated rings. The molecule has 1 heterocycles. The molecule has 0 unspecified atom stereocenters. The van der Waals surface area contributed by atoms with Gasteiger partial charge in [-0.25, -0.2) is 4.98 Å². The van der Waals surface area contributed by atoms with Crippen LogP contribution in [0.4, 0.5) is 10.8 Å². The number of thiazole rings is 1. The van der Waals surface area contributed by atoms with Crippen molar-refractivity contribution in [3.63, 3.8) is 0 Å². The molecule has 0 aliphatic heterocycles. The van der Waals surface area contributed by atoms with Gasteiger partial charge in [0.2, 0.25) is 0 Å². The molecule has 0 bridgehead atoms. The zero-order valence-electron chi connectivity index (χ0n) is 10.8.